The highest BCUT2D eigenvalue weighted by atomic mass is 16.6. The molecule has 0 fully saturated rings. The first-order chi connectivity index (χ1) is 38.5. The lowest BCUT2D eigenvalue weighted by Gasteiger charge is -2.18. The van der Waals surface area contributed by atoms with Crippen LogP contribution in [0.2, 0.25) is 0 Å². The van der Waals surface area contributed by atoms with E-state index in [4.69, 9.17) is 14.2 Å². The van der Waals surface area contributed by atoms with Crippen molar-refractivity contribution in [2.45, 2.75) is 329 Å². The molecule has 0 amide bonds. The van der Waals surface area contributed by atoms with E-state index >= 15 is 0 Å². The first-order valence-corrected chi connectivity index (χ1v) is 33.2. The fourth-order valence-electron chi connectivity index (χ4n) is 9.32. The zero-order chi connectivity index (χ0) is 56.4. The first-order valence-electron chi connectivity index (χ1n) is 33.2. The van der Waals surface area contributed by atoms with E-state index in [0.29, 0.717) is 19.3 Å². The van der Waals surface area contributed by atoms with E-state index in [1.807, 2.05) is 0 Å². The van der Waals surface area contributed by atoms with Gasteiger partial charge in [0.05, 0.1) is 0 Å². The predicted molar refractivity (Wildman–Crippen MR) is 339 cm³/mol. The maximum atomic E-state index is 12.9. The largest absolute Gasteiger partial charge is 0.462 e. The van der Waals surface area contributed by atoms with E-state index in [9.17, 15) is 14.4 Å². The van der Waals surface area contributed by atoms with Crippen LogP contribution in [0, 0.1) is 0 Å². The van der Waals surface area contributed by atoms with Gasteiger partial charge in [0.15, 0.2) is 6.10 Å². The topological polar surface area (TPSA) is 78.9 Å². The third kappa shape index (κ3) is 63.2. The van der Waals surface area contributed by atoms with E-state index in [-0.39, 0.29) is 31.1 Å². The molecule has 0 radical (unpaired) electrons. The Bertz CT molecular complexity index is 1530. The number of rotatable bonds is 60. The number of hydrogen-bond acceptors (Lipinski definition) is 6. The molecule has 6 nitrogen and oxygen atoms in total. The molecule has 0 bridgehead atoms. The Morgan fingerprint density at radius 1 is 0.269 bits per heavy atom. The third-order valence-electron chi connectivity index (χ3n) is 14.3. The molecule has 0 aliphatic heterocycles. The van der Waals surface area contributed by atoms with Gasteiger partial charge in [-0.25, -0.2) is 0 Å². The molecule has 78 heavy (non-hydrogen) atoms. The van der Waals surface area contributed by atoms with E-state index < -0.39 is 6.10 Å². The molecule has 0 rings (SSSR count). The van der Waals surface area contributed by atoms with Crippen molar-refractivity contribution < 1.29 is 28.6 Å². The monoisotopic (exact) mass is 1080 g/mol. The van der Waals surface area contributed by atoms with E-state index in [0.717, 1.165) is 109 Å². The standard InChI is InChI=1S/C72H124O6/c1-4-7-10-13-16-19-22-25-28-31-33-34-35-36-37-38-39-42-44-47-50-53-56-59-62-65-71(74)77-68-69(67-76-70(73)64-61-58-55-52-49-46-43-40-30-27-24-21-18-15-12-9-6-3)78-72(75)66-63-60-57-54-51-48-45-41-32-29-26-23-20-17-14-11-8-5-2/h7,10,16,18-21,23,25,27-30,32-34,69H,4-6,8-9,11-15,17,22,24,26,31,35-68H2,1-3H3/b10-7-,19-16-,21-18-,23-20-,28-25-,30-27-,32-29-,34-33-. The van der Waals surface area contributed by atoms with E-state index in [2.05, 4.69) is 118 Å². The zero-order valence-electron chi connectivity index (χ0n) is 51.4. The number of esters is 3. The maximum absolute atomic E-state index is 12.9. The van der Waals surface area contributed by atoms with Gasteiger partial charge in [-0.1, -0.05) is 279 Å². The third-order valence-corrected chi connectivity index (χ3v) is 14.3. The predicted octanol–water partition coefficient (Wildman–Crippen LogP) is 22.8. The van der Waals surface area contributed by atoms with Gasteiger partial charge in [-0.2, -0.15) is 0 Å². The van der Waals surface area contributed by atoms with Crippen molar-refractivity contribution in [3.8, 4) is 0 Å². The molecule has 6 heteroatoms. The second-order valence-electron chi connectivity index (χ2n) is 22.0. The zero-order valence-corrected chi connectivity index (χ0v) is 51.4. The molecule has 1 unspecified atom stereocenters. The van der Waals surface area contributed by atoms with Crippen molar-refractivity contribution >= 4 is 17.9 Å². The molecule has 0 aromatic rings. The molecule has 0 saturated heterocycles. The van der Waals surface area contributed by atoms with Crippen LogP contribution in [0.4, 0.5) is 0 Å². The summed E-state index contributed by atoms with van der Waals surface area (Å²) in [5.74, 6) is -0.888. The van der Waals surface area contributed by atoms with Crippen LogP contribution in [-0.2, 0) is 28.6 Å². The average Bonchev–Trinajstić information content (AvgIpc) is 3.44. The van der Waals surface area contributed by atoms with Crippen LogP contribution in [-0.4, -0.2) is 37.2 Å². The van der Waals surface area contributed by atoms with Gasteiger partial charge < -0.3 is 14.2 Å². The number of allylic oxidation sites excluding steroid dienone is 16. The van der Waals surface area contributed by atoms with Gasteiger partial charge in [-0.05, 0) is 122 Å². The summed E-state index contributed by atoms with van der Waals surface area (Å²) in [6.07, 6.45) is 88.4. The minimum absolute atomic E-state index is 0.0832. The Balaban J connectivity index is 4.36. The SMILES string of the molecule is CC/C=C\C/C=C\C/C=C\C/C=C\CCCCCCCCCCCCCCC(=O)OCC(COC(=O)CCCCCCCCC/C=C\C/C=C\CCCCC)OC(=O)CCCCCCCCC/C=C\C/C=C\CCCCCC. The summed E-state index contributed by atoms with van der Waals surface area (Å²) in [6.45, 7) is 6.50. The smallest absolute Gasteiger partial charge is 0.306 e. The second kappa shape index (κ2) is 65.8. The second-order valence-corrected chi connectivity index (χ2v) is 22.0. The van der Waals surface area contributed by atoms with Crippen LogP contribution in [0.3, 0.4) is 0 Å². The number of unbranched alkanes of at least 4 members (excludes halogenated alkanes) is 33. The van der Waals surface area contributed by atoms with E-state index in [1.165, 1.54) is 173 Å². The molecule has 448 valence electrons. The molecule has 0 aliphatic rings. The molecule has 0 spiro atoms. The van der Waals surface area contributed by atoms with Crippen LogP contribution < -0.4 is 0 Å². The van der Waals surface area contributed by atoms with Crippen LogP contribution in [0.15, 0.2) is 97.2 Å². The fraction of sp³-hybridized carbons (Fsp3) is 0.736. The lowest BCUT2D eigenvalue weighted by molar-refractivity contribution is -0.167. The summed E-state index contributed by atoms with van der Waals surface area (Å²) < 4.78 is 17.0. The number of ether oxygens (including phenoxy) is 3. The molecule has 0 saturated carbocycles. The Labute approximate surface area is 483 Å². The van der Waals surface area contributed by atoms with Gasteiger partial charge in [-0.3, -0.25) is 14.4 Å². The minimum Gasteiger partial charge on any atom is -0.462 e. The molecule has 0 aromatic heterocycles. The molecular formula is C72H124O6. The molecule has 0 aromatic carbocycles. The van der Waals surface area contributed by atoms with Gasteiger partial charge in [0.25, 0.3) is 0 Å². The summed E-state index contributed by atoms with van der Waals surface area (Å²) >= 11 is 0. The summed E-state index contributed by atoms with van der Waals surface area (Å²) in [6, 6.07) is 0. The van der Waals surface area contributed by atoms with Gasteiger partial charge in [0.1, 0.15) is 13.2 Å². The Morgan fingerprint density at radius 2 is 0.500 bits per heavy atom. The van der Waals surface area contributed by atoms with E-state index in [1.54, 1.807) is 0 Å². The first kappa shape index (κ1) is 74.3. The Kier molecular flexibility index (Phi) is 62.7. The Morgan fingerprint density at radius 3 is 0.808 bits per heavy atom. The lowest BCUT2D eigenvalue weighted by Crippen LogP contribution is -2.30. The molecule has 0 aliphatic carbocycles. The molecular weight excluding hydrogens is 961 g/mol. The molecule has 0 N–H and O–H groups in total. The van der Waals surface area contributed by atoms with Crippen molar-refractivity contribution in [2.24, 2.45) is 0 Å². The lowest BCUT2D eigenvalue weighted by atomic mass is 10.0. The van der Waals surface area contributed by atoms with Crippen molar-refractivity contribution in [1.82, 2.24) is 0 Å². The van der Waals surface area contributed by atoms with Crippen LogP contribution in [0.25, 0.3) is 0 Å². The van der Waals surface area contributed by atoms with Crippen molar-refractivity contribution in [2.75, 3.05) is 13.2 Å². The maximum Gasteiger partial charge on any atom is 0.306 e. The van der Waals surface area contributed by atoms with Crippen molar-refractivity contribution in [3.63, 3.8) is 0 Å². The normalized spacial score (nSPS) is 12.7. The van der Waals surface area contributed by atoms with Gasteiger partial charge in [0.2, 0.25) is 0 Å². The average molecular weight is 1090 g/mol. The van der Waals surface area contributed by atoms with Gasteiger partial charge in [0, 0.05) is 19.3 Å². The summed E-state index contributed by atoms with van der Waals surface area (Å²) in [4.78, 5) is 38.4. The fourth-order valence-corrected chi connectivity index (χ4v) is 9.32. The Hall–Kier alpha value is -3.67. The summed E-state index contributed by atoms with van der Waals surface area (Å²) in [7, 11) is 0. The van der Waals surface area contributed by atoms with Crippen molar-refractivity contribution in [3.05, 3.63) is 97.2 Å². The van der Waals surface area contributed by atoms with Gasteiger partial charge >= 0.3 is 17.9 Å². The minimum atomic E-state index is -0.788. The number of hydrogen-bond donors (Lipinski definition) is 0. The van der Waals surface area contributed by atoms with Gasteiger partial charge in [-0.15, -0.1) is 0 Å². The van der Waals surface area contributed by atoms with Crippen molar-refractivity contribution in [1.29, 1.82) is 0 Å². The summed E-state index contributed by atoms with van der Waals surface area (Å²) in [5, 5.41) is 0. The number of carbonyl (C=O) groups excluding carboxylic acids is 3. The quantitative estimate of drug-likeness (QED) is 0.0261. The van der Waals surface area contributed by atoms with Crippen LogP contribution in [0.1, 0.15) is 323 Å². The highest BCUT2D eigenvalue weighted by Gasteiger charge is 2.19. The van der Waals surface area contributed by atoms with Crippen LogP contribution >= 0.6 is 0 Å². The van der Waals surface area contributed by atoms with Crippen LogP contribution in [0.5, 0.6) is 0 Å². The molecule has 1 atom stereocenters. The number of carbonyl (C=O) groups is 3. The summed E-state index contributed by atoms with van der Waals surface area (Å²) in [5.41, 5.74) is 0. The molecule has 0 heterocycles. The highest BCUT2D eigenvalue weighted by molar-refractivity contribution is 5.71. The highest BCUT2D eigenvalue weighted by Crippen LogP contribution is 2.16.